The number of phenolic OH excluding ortho intramolecular Hbond substituents is 1. The molecule has 2 N–H and O–H groups in total. The minimum atomic E-state index is -0.833. The van der Waals surface area contributed by atoms with Crippen molar-refractivity contribution < 1.29 is 29.3 Å². The molecule has 1 aliphatic heterocycles. The molecule has 1 aromatic carbocycles. The highest BCUT2D eigenvalue weighted by atomic mass is 32.2. The number of piperidine rings is 1. The van der Waals surface area contributed by atoms with Gasteiger partial charge in [0.15, 0.2) is 16.6 Å². The summed E-state index contributed by atoms with van der Waals surface area (Å²) in [5, 5.41) is 18.7. The van der Waals surface area contributed by atoms with Crippen molar-refractivity contribution in [3.8, 4) is 11.5 Å². The van der Waals surface area contributed by atoms with E-state index in [4.69, 9.17) is 14.6 Å². The first-order chi connectivity index (χ1) is 17.2. The van der Waals surface area contributed by atoms with Gasteiger partial charge in [0.05, 0.1) is 0 Å². The van der Waals surface area contributed by atoms with Gasteiger partial charge in [0, 0.05) is 61.8 Å². The number of esters is 1. The number of carbonyl (C=O) groups is 3. The quantitative estimate of drug-likeness (QED) is 0.110. The molecule has 0 aromatic heterocycles. The maximum Gasteiger partial charge on any atom is 0.308 e. The lowest BCUT2D eigenvalue weighted by Gasteiger charge is -2.57. The Hall–Kier alpha value is -1.62. The highest BCUT2D eigenvalue weighted by Crippen LogP contribution is 2.58. The Kier molecular flexibility index (Phi) is 12.2. The molecule has 1 fully saturated rings. The average molecular weight is 556 g/mol. The number of phenols is 1. The van der Waals surface area contributed by atoms with Crippen LogP contribution in [-0.4, -0.2) is 61.9 Å². The number of allylic oxidation sites excluding steroid dienone is 1. The zero-order valence-electron chi connectivity index (χ0n) is 21.4. The van der Waals surface area contributed by atoms with Crippen molar-refractivity contribution >= 4 is 53.4 Å². The Labute approximate surface area is 228 Å². The number of carboxylic acid groups (broad SMARTS) is 1. The first-order valence-corrected chi connectivity index (χ1v) is 14.9. The van der Waals surface area contributed by atoms with Gasteiger partial charge in [0.25, 0.3) is 5.97 Å². The molecule has 0 amide bonds. The number of rotatable bonds is 6. The molecule has 1 heterocycles. The number of hydrogen-bond donors (Lipinski definition) is 3. The van der Waals surface area contributed by atoms with E-state index in [1.165, 1.54) is 24.2 Å². The number of carboxylic acids is 1. The predicted molar refractivity (Wildman–Crippen MR) is 150 cm³/mol. The Morgan fingerprint density at radius 2 is 1.86 bits per heavy atom. The van der Waals surface area contributed by atoms with E-state index in [1.54, 1.807) is 19.2 Å². The molecular weight excluding hydrogens is 518 g/mol. The summed E-state index contributed by atoms with van der Waals surface area (Å²) < 4.78 is 7.83. The van der Waals surface area contributed by atoms with Gasteiger partial charge in [-0.15, -0.1) is 0 Å². The fourth-order valence-electron chi connectivity index (χ4n) is 5.44. The maximum atomic E-state index is 11.5. The summed E-state index contributed by atoms with van der Waals surface area (Å²) >= 11 is 6.84. The van der Waals surface area contributed by atoms with Gasteiger partial charge in [0.1, 0.15) is 0 Å². The molecule has 7 nitrogen and oxygen atoms in total. The zero-order chi connectivity index (χ0) is 26.9. The highest BCUT2D eigenvalue weighted by molar-refractivity contribution is 8.13. The second kappa shape index (κ2) is 14.4. The lowest BCUT2D eigenvalue weighted by atomic mass is 9.54. The lowest BCUT2D eigenvalue weighted by molar-refractivity contribution is -0.134. The number of thiol groups is 1. The summed E-state index contributed by atoms with van der Waals surface area (Å²) in [4.78, 5) is 31.6. The van der Waals surface area contributed by atoms with E-state index in [0.717, 1.165) is 62.6 Å². The lowest BCUT2D eigenvalue weighted by Crippen LogP contribution is -2.58. The third kappa shape index (κ3) is 7.46. The van der Waals surface area contributed by atoms with Crippen molar-refractivity contribution in [1.82, 2.24) is 4.31 Å². The summed E-state index contributed by atoms with van der Waals surface area (Å²) in [6, 6.07) is 4.17. The Balaban J connectivity index is 0.000000694. The standard InChI is InChI=1S/C23H29NO4S2.C2H4O2.CH4S/c1-15(25)28-20-8-7-17-14-19-18-6-3-4-9-23(18,21(17)22(20)27)10-11-24(19)30-13-5-12-29-16(2)26;1-2(3)4;1-2/h3,6-8,18-19,27H,4-5,9-14H2,1-2H3;1H3,(H,3,4);2H,1H3. The van der Waals surface area contributed by atoms with Crippen molar-refractivity contribution in [1.29, 1.82) is 0 Å². The van der Waals surface area contributed by atoms with Gasteiger partial charge in [-0.05, 0) is 50.0 Å². The fourth-order valence-corrected chi connectivity index (χ4v) is 7.33. The van der Waals surface area contributed by atoms with Crippen LogP contribution in [0.1, 0.15) is 57.6 Å². The molecule has 1 aromatic rings. The third-order valence-corrected chi connectivity index (χ3v) is 8.72. The van der Waals surface area contributed by atoms with Gasteiger partial charge in [0.2, 0.25) is 0 Å². The Morgan fingerprint density at radius 1 is 1.17 bits per heavy atom. The van der Waals surface area contributed by atoms with E-state index in [2.05, 4.69) is 29.1 Å². The van der Waals surface area contributed by atoms with Crippen molar-refractivity contribution in [3.05, 3.63) is 35.4 Å². The van der Waals surface area contributed by atoms with Crippen LogP contribution in [0.3, 0.4) is 0 Å². The molecule has 3 unspecified atom stereocenters. The van der Waals surface area contributed by atoms with E-state index in [-0.39, 0.29) is 22.0 Å². The molecular formula is C26H37NO6S3. The highest BCUT2D eigenvalue weighted by Gasteiger charge is 2.54. The topological polar surface area (TPSA) is 104 Å². The minimum Gasteiger partial charge on any atom is -0.504 e. The van der Waals surface area contributed by atoms with Crippen molar-refractivity contribution in [2.45, 2.75) is 64.3 Å². The molecule has 2 aliphatic carbocycles. The van der Waals surface area contributed by atoms with Gasteiger partial charge in [-0.3, -0.25) is 14.4 Å². The van der Waals surface area contributed by atoms with Gasteiger partial charge < -0.3 is 14.9 Å². The molecule has 36 heavy (non-hydrogen) atoms. The van der Waals surface area contributed by atoms with Gasteiger partial charge in [-0.2, -0.15) is 12.6 Å². The van der Waals surface area contributed by atoms with Crippen LogP contribution in [0.4, 0.5) is 0 Å². The van der Waals surface area contributed by atoms with Crippen LogP contribution in [0.25, 0.3) is 0 Å². The minimum absolute atomic E-state index is 0.0885. The van der Waals surface area contributed by atoms with E-state index >= 15 is 0 Å². The maximum absolute atomic E-state index is 11.5. The second-order valence-electron chi connectivity index (χ2n) is 8.90. The van der Waals surface area contributed by atoms with E-state index in [1.807, 2.05) is 18.0 Å². The van der Waals surface area contributed by atoms with E-state index < -0.39 is 11.9 Å². The number of carbonyl (C=O) groups excluding carboxylic acids is 2. The van der Waals surface area contributed by atoms with E-state index in [9.17, 15) is 14.7 Å². The molecule has 3 atom stereocenters. The number of thioether (sulfide) groups is 1. The van der Waals surface area contributed by atoms with Crippen molar-refractivity contribution in [2.75, 3.05) is 24.3 Å². The average Bonchev–Trinajstić information content (AvgIpc) is 2.82. The van der Waals surface area contributed by atoms with Crippen LogP contribution in [-0.2, 0) is 26.2 Å². The van der Waals surface area contributed by atoms with Gasteiger partial charge in [-0.25, -0.2) is 4.31 Å². The number of nitrogens with zero attached hydrogens (tertiary/aromatic N) is 1. The molecule has 10 heteroatoms. The normalized spacial score (nSPS) is 23.6. The number of aliphatic carboxylic acids is 1. The van der Waals surface area contributed by atoms with E-state index in [0.29, 0.717) is 12.0 Å². The van der Waals surface area contributed by atoms with Gasteiger partial charge >= 0.3 is 5.97 Å². The van der Waals surface area contributed by atoms with Gasteiger partial charge in [-0.1, -0.05) is 41.9 Å². The third-order valence-electron chi connectivity index (χ3n) is 6.56. The molecule has 0 spiro atoms. The molecule has 2 bridgehead atoms. The number of ether oxygens (including phenoxy) is 1. The van der Waals surface area contributed by atoms with Crippen LogP contribution in [0, 0.1) is 5.92 Å². The monoisotopic (exact) mass is 555 g/mol. The fraction of sp³-hybridized carbons (Fsp3) is 0.577. The number of benzene rings is 1. The Bertz CT molecular complexity index is 965. The largest absolute Gasteiger partial charge is 0.504 e. The second-order valence-corrected chi connectivity index (χ2v) is 11.3. The van der Waals surface area contributed by atoms with Crippen LogP contribution < -0.4 is 4.74 Å². The smallest absolute Gasteiger partial charge is 0.308 e. The molecule has 0 saturated carbocycles. The first-order valence-electron chi connectivity index (χ1n) is 12.0. The summed E-state index contributed by atoms with van der Waals surface area (Å²) in [5.74, 6) is 1.44. The summed E-state index contributed by atoms with van der Waals surface area (Å²) in [6.45, 7) is 5.05. The Morgan fingerprint density at radius 3 is 2.50 bits per heavy atom. The summed E-state index contributed by atoms with van der Waals surface area (Å²) in [5.41, 5.74) is 2.10. The molecule has 0 radical (unpaired) electrons. The summed E-state index contributed by atoms with van der Waals surface area (Å²) in [7, 11) is 0. The van der Waals surface area contributed by atoms with Crippen molar-refractivity contribution in [2.24, 2.45) is 5.92 Å². The SMILES string of the molecule is CC(=O)O.CC(=O)Oc1ccc2c(c1O)C13CCC=CC1C(C2)N(SCCCSC(C)=O)CC3.CS. The van der Waals surface area contributed by atoms with Crippen LogP contribution in [0.5, 0.6) is 11.5 Å². The molecule has 4 rings (SSSR count). The molecule has 1 saturated heterocycles. The zero-order valence-corrected chi connectivity index (χ0v) is 23.9. The number of hydrogen-bond acceptors (Lipinski definition) is 9. The summed E-state index contributed by atoms with van der Waals surface area (Å²) in [6.07, 6.45) is 11.2. The van der Waals surface area contributed by atoms with Crippen LogP contribution in [0.15, 0.2) is 24.3 Å². The van der Waals surface area contributed by atoms with Crippen LogP contribution in [0.2, 0.25) is 0 Å². The predicted octanol–water partition coefficient (Wildman–Crippen LogP) is 5.11. The van der Waals surface area contributed by atoms with Crippen molar-refractivity contribution in [3.63, 3.8) is 0 Å². The van der Waals surface area contributed by atoms with Crippen LogP contribution >= 0.6 is 36.3 Å². The first kappa shape index (κ1) is 30.6. The number of aromatic hydroxyl groups is 1. The number of fused-ring (bicyclic) bond motifs is 1. The molecule has 200 valence electrons. The molecule has 3 aliphatic rings.